The van der Waals surface area contributed by atoms with E-state index in [0.717, 1.165) is 24.3 Å². The minimum absolute atomic E-state index is 0.147. The van der Waals surface area contributed by atoms with Gasteiger partial charge in [-0.2, -0.15) is 0 Å². The molecule has 0 saturated carbocycles. The Hall–Kier alpha value is -2.29. The summed E-state index contributed by atoms with van der Waals surface area (Å²) in [6.07, 6.45) is 1.39. The Bertz CT molecular complexity index is 620. The third-order valence-electron chi connectivity index (χ3n) is 3.62. The first-order valence-corrected chi connectivity index (χ1v) is 7.77. The van der Waals surface area contributed by atoms with Crippen LogP contribution in [-0.2, 0) is 17.6 Å². The van der Waals surface area contributed by atoms with Gasteiger partial charge in [0.25, 0.3) is 5.91 Å². The normalized spacial score (nSPS) is 11.8. The topological polar surface area (TPSA) is 38.3 Å². The summed E-state index contributed by atoms with van der Waals surface area (Å²) in [5, 5.41) is 2.88. The molecular formula is C19H23NO2. The van der Waals surface area contributed by atoms with E-state index in [0.29, 0.717) is 0 Å². The van der Waals surface area contributed by atoms with Gasteiger partial charge in [-0.05, 0) is 55.2 Å². The van der Waals surface area contributed by atoms with Gasteiger partial charge in [0.2, 0.25) is 0 Å². The molecule has 0 spiro atoms. The molecule has 0 aliphatic rings. The third kappa shape index (κ3) is 4.35. The van der Waals surface area contributed by atoms with Crippen LogP contribution in [0.4, 0.5) is 5.69 Å². The number of aryl methyl sites for hydroxylation is 2. The summed E-state index contributed by atoms with van der Waals surface area (Å²) < 4.78 is 5.72. The van der Waals surface area contributed by atoms with Crippen LogP contribution >= 0.6 is 0 Å². The summed E-state index contributed by atoms with van der Waals surface area (Å²) >= 11 is 0. The highest BCUT2D eigenvalue weighted by atomic mass is 16.5. The molecule has 0 saturated heterocycles. The standard InChI is InChI=1S/C19H23NO2/c1-4-15-9-11-17(12-10-15)20-19(21)14(3)22-18-8-6-7-16(5-2)13-18/h6-14H,4-5H2,1-3H3,(H,20,21). The molecule has 1 atom stereocenters. The van der Waals surface area contributed by atoms with Gasteiger partial charge in [0.1, 0.15) is 5.75 Å². The maximum Gasteiger partial charge on any atom is 0.265 e. The van der Waals surface area contributed by atoms with Crippen molar-refractivity contribution in [2.45, 2.75) is 39.7 Å². The molecule has 3 heteroatoms. The van der Waals surface area contributed by atoms with Crippen LogP contribution in [-0.4, -0.2) is 12.0 Å². The van der Waals surface area contributed by atoms with Crippen molar-refractivity contribution in [2.75, 3.05) is 5.32 Å². The molecule has 2 rings (SSSR count). The highest BCUT2D eigenvalue weighted by Crippen LogP contribution is 2.16. The van der Waals surface area contributed by atoms with E-state index in [9.17, 15) is 4.79 Å². The number of carbonyl (C=O) groups excluding carboxylic acids is 1. The number of amides is 1. The van der Waals surface area contributed by atoms with Crippen molar-refractivity contribution in [2.24, 2.45) is 0 Å². The van der Waals surface area contributed by atoms with Crippen molar-refractivity contribution in [3.63, 3.8) is 0 Å². The number of nitrogens with one attached hydrogen (secondary N) is 1. The zero-order valence-corrected chi connectivity index (χ0v) is 13.4. The average Bonchev–Trinajstić information content (AvgIpc) is 2.55. The van der Waals surface area contributed by atoms with Crippen LogP contribution in [0.2, 0.25) is 0 Å². The van der Waals surface area contributed by atoms with Gasteiger partial charge in [-0.15, -0.1) is 0 Å². The van der Waals surface area contributed by atoms with Crippen molar-refractivity contribution < 1.29 is 9.53 Å². The number of ether oxygens (including phenoxy) is 1. The van der Waals surface area contributed by atoms with Crippen LogP contribution in [0.1, 0.15) is 31.9 Å². The second-order valence-corrected chi connectivity index (χ2v) is 5.30. The third-order valence-corrected chi connectivity index (χ3v) is 3.62. The van der Waals surface area contributed by atoms with Gasteiger partial charge >= 0.3 is 0 Å². The first-order valence-electron chi connectivity index (χ1n) is 7.77. The number of benzene rings is 2. The molecule has 1 unspecified atom stereocenters. The maximum atomic E-state index is 12.2. The van der Waals surface area contributed by atoms with E-state index in [1.807, 2.05) is 48.5 Å². The molecule has 116 valence electrons. The Kier molecular flexibility index (Phi) is 5.59. The monoisotopic (exact) mass is 297 g/mol. The Morgan fingerprint density at radius 1 is 1.05 bits per heavy atom. The molecule has 3 nitrogen and oxygen atoms in total. The van der Waals surface area contributed by atoms with E-state index in [-0.39, 0.29) is 5.91 Å². The zero-order valence-electron chi connectivity index (χ0n) is 13.4. The lowest BCUT2D eigenvalue weighted by atomic mass is 10.1. The Balaban J connectivity index is 1.96. The Labute approximate surface area is 132 Å². The van der Waals surface area contributed by atoms with Gasteiger partial charge in [0, 0.05) is 5.69 Å². The lowest BCUT2D eigenvalue weighted by Crippen LogP contribution is -2.30. The van der Waals surface area contributed by atoms with Crippen molar-refractivity contribution >= 4 is 11.6 Å². The van der Waals surface area contributed by atoms with Gasteiger partial charge < -0.3 is 10.1 Å². The first-order chi connectivity index (χ1) is 10.6. The van der Waals surface area contributed by atoms with E-state index in [1.54, 1.807) is 6.92 Å². The quantitative estimate of drug-likeness (QED) is 0.867. The molecule has 1 N–H and O–H groups in total. The average molecular weight is 297 g/mol. The minimum atomic E-state index is -0.544. The van der Waals surface area contributed by atoms with E-state index in [1.165, 1.54) is 11.1 Å². The molecule has 1 amide bonds. The molecule has 0 heterocycles. The Morgan fingerprint density at radius 3 is 2.36 bits per heavy atom. The second kappa shape index (κ2) is 7.64. The van der Waals surface area contributed by atoms with Gasteiger partial charge in [-0.1, -0.05) is 38.1 Å². The molecule has 2 aromatic carbocycles. The summed E-state index contributed by atoms with van der Waals surface area (Å²) in [7, 11) is 0. The number of carbonyl (C=O) groups is 1. The molecule has 0 bridgehead atoms. The summed E-state index contributed by atoms with van der Waals surface area (Å²) in [6, 6.07) is 15.7. The number of anilines is 1. The summed E-state index contributed by atoms with van der Waals surface area (Å²) in [6.45, 7) is 5.96. The summed E-state index contributed by atoms with van der Waals surface area (Å²) in [5.41, 5.74) is 3.24. The number of hydrogen-bond donors (Lipinski definition) is 1. The lowest BCUT2D eigenvalue weighted by Gasteiger charge is -2.15. The van der Waals surface area contributed by atoms with Crippen LogP contribution < -0.4 is 10.1 Å². The molecule has 0 aliphatic heterocycles. The fourth-order valence-corrected chi connectivity index (χ4v) is 2.16. The summed E-state index contributed by atoms with van der Waals surface area (Å²) in [5.74, 6) is 0.578. The largest absolute Gasteiger partial charge is 0.481 e. The molecule has 0 fully saturated rings. The molecule has 0 radical (unpaired) electrons. The van der Waals surface area contributed by atoms with Crippen molar-refractivity contribution in [1.29, 1.82) is 0 Å². The molecular weight excluding hydrogens is 274 g/mol. The zero-order chi connectivity index (χ0) is 15.9. The van der Waals surface area contributed by atoms with Gasteiger partial charge in [-0.3, -0.25) is 4.79 Å². The van der Waals surface area contributed by atoms with E-state index >= 15 is 0 Å². The van der Waals surface area contributed by atoms with Gasteiger partial charge in [0.15, 0.2) is 6.10 Å². The molecule has 0 aromatic heterocycles. The smallest absolute Gasteiger partial charge is 0.265 e. The van der Waals surface area contributed by atoms with Crippen LogP contribution in [0.3, 0.4) is 0 Å². The molecule has 22 heavy (non-hydrogen) atoms. The summed E-state index contributed by atoms with van der Waals surface area (Å²) in [4.78, 5) is 12.2. The van der Waals surface area contributed by atoms with Crippen molar-refractivity contribution in [3.8, 4) is 5.75 Å². The highest BCUT2D eigenvalue weighted by Gasteiger charge is 2.15. The van der Waals surface area contributed by atoms with E-state index in [4.69, 9.17) is 4.74 Å². The van der Waals surface area contributed by atoms with Gasteiger partial charge in [0.05, 0.1) is 0 Å². The lowest BCUT2D eigenvalue weighted by molar-refractivity contribution is -0.122. The SMILES string of the molecule is CCc1ccc(NC(=O)C(C)Oc2cccc(CC)c2)cc1. The minimum Gasteiger partial charge on any atom is -0.481 e. The fourth-order valence-electron chi connectivity index (χ4n) is 2.16. The van der Waals surface area contributed by atoms with Crippen LogP contribution in [0, 0.1) is 0 Å². The maximum absolute atomic E-state index is 12.2. The van der Waals surface area contributed by atoms with Crippen LogP contribution in [0.25, 0.3) is 0 Å². The predicted octanol–water partition coefficient (Wildman–Crippen LogP) is 4.22. The number of rotatable bonds is 6. The molecule has 2 aromatic rings. The second-order valence-electron chi connectivity index (χ2n) is 5.30. The van der Waals surface area contributed by atoms with E-state index in [2.05, 4.69) is 19.2 Å². The van der Waals surface area contributed by atoms with E-state index < -0.39 is 6.10 Å². The van der Waals surface area contributed by atoms with Crippen molar-refractivity contribution in [1.82, 2.24) is 0 Å². The first kappa shape index (κ1) is 16.1. The fraction of sp³-hybridized carbons (Fsp3) is 0.316. The van der Waals surface area contributed by atoms with Gasteiger partial charge in [-0.25, -0.2) is 0 Å². The van der Waals surface area contributed by atoms with Crippen LogP contribution in [0.5, 0.6) is 5.75 Å². The molecule has 0 aliphatic carbocycles. The predicted molar refractivity (Wildman–Crippen MR) is 90.4 cm³/mol. The van der Waals surface area contributed by atoms with Crippen LogP contribution in [0.15, 0.2) is 48.5 Å². The van der Waals surface area contributed by atoms with Crippen molar-refractivity contribution in [3.05, 3.63) is 59.7 Å². The number of hydrogen-bond acceptors (Lipinski definition) is 2. The Morgan fingerprint density at radius 2 is 1.73 bits per heavy atom. The highest BCUT2D eigenvalue weighted by molar-refractivity contribution is 5.94.